The zero-order chi connectivity index (χ0) is 13.8. The second-order valence-electron chi connectivity index (χ2n) is 4.35. The molecule has 0 N–H and O–H groups in total. The summed E-state index contributed by atoms with van der Waals surface area (Å²) in [4.78, 5) is 2.04. The molecule has 18 heavy (non-hydrogen) atoms. The summed E-state index contributed by atoms with van der Waals surface area (Å²) in [5.74, 6) is 0.274. The van der Waals surface area contributed by atoms with Gasteiger partial charge in [-0.2, -0.15) is 13.2 Å². The maximum Gasteiger partial charge on any atom is 0.416 e. The molecule has 0 aromatic heterocycles. The lowest BCUT2D eigenvalue weighted by Gasteiger charge is -2.27. The van der Waals surface area contributed by atoms with E-state index in [2.05, 4.69) is 6.58 Å². The SMILES string of the molecule is C=C/C(=C\C=C1/C=CN(C)CC1CC)C(F)(F)F. The van der Waals surface area contributed by atoms with Crippen molar-refractivity contribution in [3.63, 3.8) is 0 Å². The molecule has 1 aliphatic heterocycles. The zero-order valence-corrected chi connectivity index (χ0v) is 10.7. The summed E-state index contributed by atoms with van der Waals surface area (Å²) in [5, 5.41) is 0. The third-order valence-electron chi connectivity index (χ3n) is 3.00. The van der Waals surface area contributed by atoms with E-state index in [1.165, 1.54) is 0 Å². The molecule has 0 bridgehead atoms. The Balaban J connectivity index is 2.98. The lowest BCUT2D eigenvalue weighted by molar-refractivity contribution is -0.0881. The maximum absolute atomic E-state index is 12.5. The summed E-state index contributed by atoms with van der Waals surface area (Å²) in [6, 6.07) is 0. The maximum atomic E-state index is 12.5. The number of hydrogen-bond donors (Lipinski definition) is 0. The van der Waals surface area contributed by atoms with Crippen LogP contribution in [0.4, 0.5) is 13.2 Å². The predicted molar refractivity (Wildman–Crippen MR) is 68.0 cm³/mol. The van der Waals surface area contributed by atoms with Gasteiger partial charge < -0.3 is 4.90 Å². The van der Waals surface area contributed by atoms with Gasteiger partial charge in [-0.15, -0.1) is 0 Å². The summed E-state index contributed by atoms with van der Waals surface area (Å²) in [6.07, 6.45) is 3.80. The fraction of sp³-hybridized carbons (Fsp3) is 0.429. The highest BCUT2D eigenvalue weighted by Crippen LogP contribution is 2.28. The van der Waals surface area contributed by atoms with Gasteiger partial charge in [-0.25, -0.2) is 0 Å². The molecule has 0 aliphatic carbocycles. The van der Waals surface area contributed by atoms with Crippen molar-refractivity contribution in [1.29, 1.82) is 0 Å². The minimum atomic E-state index is -4.34. The monoisotopic (exact) mass is 257 g/mol. The van der Waals surface area contributed by atoms with Gasteiger partial charge in [0.1, 0.15) is 0 Å². The molecule has 0 saturated carbocycles. The molecule has 1 unspecified atom stereocenters. The molecule has 100 valence electrons. The highest BCUT2D eigenvalue weighted by atomic mass is 19.4. The van der Waals surface area contributed by atoms with Crippen LogP contribution in [0.25, 0.3) is 0 Å². The van der Waals surface area contributed by atoms with Gasteiger partial charge >= 0.3 is 6.18 Å². The number of allylic oxidation sites excluding steroid dienone is 5. The highest BCUT2D eigenvalue weighted by Gasteiger charge is 2.30. The van der Waals surface area contributed by atoms with Crippen molar-refractivity contribution in [3.8, 4) is 0 Å². The van der Waals surface area contributed by atoms with Crippen LogP contribution in [0.1, 0.15) is 13.3 Å². The van der Waals surface area contributed by atoms with E-state index in [-0.39, 0.29) is 5.92 Å². The molecule has 0 amide bonds. The first kappa shape index (κ1) is 14.6. The molecule has 0 radical (unpaired) electrons. The van der Waals surface area contributed by atoms with Gasteiger partial charge in [0, 0.05) is 19.5 Å². The Kier molecular flexibility index (Phi) is 4.82. The van der Waals surface area contributed by atoms with Crippen molar-refractivity contribution in [1.82, 2.24) is 4.90 Å². The second-order valence-corrected chi connectivity index (χ2v) is 4.35. The van der Waals surface area contributed by atoms with Gasteiger partial charge in [-0.05, 0) is 30.3 Å². The van der Waals surface area contributed by atoms with E-state index in [0.29, 0.717) is 0 Å². The number of halogens is 3. The molecule has 1 aliphatic rings. The van der Waals surface area contributed by atoms with Crippen LogP contribution in [0.3, 0.4) is 0 Å². The van der Waals surface area contributed by atoms with Crippen molar-refractivity contribution in [2.24, 2.45) is 5.92 Å². The van der Waals surface area contributed by atoms with Crippen LogP contribution in [-0.4, -0.2) is 24.7 Å². The first-order chi connectivity index (χ1) is 8.38. The van der Waals surface area contributed by atoms with Crippen molar-refractivity contribution in [3.05, 3.63) is 48.2 Å². The fourth-order valence-corrected chi connectivity index (χ4v) is 1.88. The fourth-order valence-electron chi connectivity index (χ4n) is 1.88. The number of alkyl halides is 3. The quantitative estimate of drug-likeness (QED) is 0.689. The molecule has 0 aromatic rings. The minimum absolute atomic E-state index is 0.274. The van der Waals surface area contributed by atoms with E-state index in [1.54, 1.807) is 6.08 Å². The van der Waals surface area contributed by atoms with Crippen LogP contribution >= 0.6 is 0 Å². The summed E-state index contributed by atoms with van der Waals surface area (Å²) < 4.78 is 37.6. The highest BCUT2D eigenvalue weighted by molar-refractivity contribution is 5.34. The van der Waals surface area contributed by atoms with Crippen LogP contribution in [0.15, 0.2) is 48.2 Å². The molecule has 1 heterocycles. The van der Waals surface area contributed by atoms with Crippen LogP contribution in [0.2, 0.25) is 0 Å². The molecular weight excluding hydrogens is 239 g/mol. The Labute approximate surface area is 106 Å². The standard InChI is InChI=1S/C14H18F3N/c1-4-11-10-18(3)9-8-12(11)6-7-13(5-2)14(15,16)17/h5-9,11H,2,4,10H2,1,3H3/b12-6+,13-7+. The molecular formula is C14H18F3N. The van der Waals surface area contributed by atoms with Crippen molar-refractivity contribution >= 4 is 0 Å². The molecule has 1 atom stereocenters. The Bertz CT molecular complexity index is 388. The van der Waals surface area contributed by atoms with E-state index in [1.807, 2.05) is 31.1 Å². The van der Waals surface area contributed by atoms with Gasteiger partial charge in [0.15, 0.2) is 0 Å². The predicted octanol–water partition coefficient (Wildman–Crippen LogP) is 4.07. The number of hydrogen-bond acceptors (Lipinski definition) is 1. The molecule has 4 heteroatoms. The number of rotatable bonds is 3. The van der Waals surface area contributed by atoms with E-state index >= 15 is 0 Å². The third kappa shape index (κ3) is 3.79. The van der Waals surface area contributed by atoms with E-state index in [4.69, 9.17) is 0 Å². The molecule has 1 rings (SSSR count). The van der Waals surface area contributed by atoms with Crippen LogP contribution < -0.4 is 0 Å². The Hall–Kier alpha value is -1.45. The smallest absolute Gasteiger partial charge is 0.380 e. The minimum Gasteiger partial charge on any atom is -0.380 e. The Morgan fingerprint density at radius 3 is 2.72 bits per heavy atom. The largest absolute Gasteiger partial charge is 0.416 e. The van der Waals surface area contributed by atoms with Crippen molar-refractivity contribution < 1.29 is 13.2 Å². The van der Waals surface area contributed by atoms with Crippen molar-refractivity contribution in [2.75, 3.05) is 13.6 Å². The average Bonchev–Trinajstić information content (AvgIpc) is 2.29. The molecule has 0 saturated heterocycles. The van der Waals surface area contributed by atoms with Gasteiger partial charge in [0.05, 0.1) is 5.57 Å². The Morgan fingerprint density at radius 1 is 1.56 bits per heavy atom. The van der Waals surface area contributed by atoms with Gasteiger partial charge in [0.2, 0.25) is 0 Å². The molecule has 0 aromatic carbocycles. The first-order valence-electron chi connectivity index (χ1n) is 5.88. The average molecular weight is 257 g/mol. The molecule has 1 nitrogen and oxygen atoms in total. The van der Waals surface area contributed by atoms with Crippen LogP contribution in [0.5, 0.6) is 0 Å². The first-order valence-corrected chi connectivity index (χ1v) is 5.88. The van der Waals surface area contributed by atoms with Crippen LogP contribution in [-0.2, 0) is 0 Å². The lowest BCUT2D eigenvalue weighted by Crippen LogP contribution is -2.25. The van der Waals surface area contributed by atoms with Crippen LogP contribution in [0, 0.1) is 5.92 Å². The summed E-state index contributed by atoms with van der Waals surface area (Å²) in [7, 11) is 1.96. The lowest BCUT2D eigenvalue weighted by atomic mass is 9.92. The normalized spacial score (nSPS) is 23.6. The van der Waals surface area contributed by atoms with E-state index in [0.717, 1.165) is 30.7 Å². The molecule has 0 fully saturated rings. The van der Waals surface area contributed by atoms with E-state index < -0.39 is 11.7 Å². The molecule has 0 spiro atoms. The van der Waals surface area contributed by atoms with Gasteiger partial charge in [-0.1, -0.05) is 25.7 Å². The third-order valence-corrected chi connectivity index (χ3v) is 3.00. The van der Waals surface area contributed by atoms with Gasteiger partial charge in [0.25, 0.3) is 0 Å². The van der Waals surface area contributed by atoms with Crippen molar-refractivity contribution in [2.45, 2.75) is 19.5 Å². The Morgan fingerprint density at radius 2 is 2.22 bits per heavy atom. The van der Waals surface area contributed by atoms with Gasteiger partial charge in [-0.3, -0.25) is 0 Å². The second kappa shape index (κ2) is 5.94. The topological polar surface area (TPSA) is 3.24 Å². The zero-order valence-electron chi connectivity index (χ0n) is 10.7. The summed E-state index contributed by atoms with van der Waals surface area (Å²) in [5.41, 5.74) is 0.219. The van der Waals surface area contributed by atoms with E-state index in [9.17, 15) is 13.2 Å². The number of nitrogens with zero attached hydrogens (tertiary/aromatic N) is 1. The summed E-state index contributed by atoms with van der Waals surface area (Å²) >= 11 is 0. The summed E-state index contributed by atoms with van der Waals surface area (Å²) in [6.45, 7) is 6.07.